The second-order valence-electron chi connectivity index (χ2n) is 3.56. The van der Waals surface area contributed by atoms with Gasteiger partial charge >= 0.3 is 0 Å². The van der Waals surface area contributed by atoms with Crippen LogP contribution < -0.4 is 0 Å². The molecule has 0 aromatic heterocycles. The Kier molecular flexibility index (Phi) is 3.49. The first-order valence-electron chi connectivity index (χ1n) is 4.99. The first-order valence-corrected chi connectivity index (χ1v) is 6.10. The van der Waals surface area contributed by atoms with Gasteiger partial charge in [0.2, 0.25) is 0 Å². The normalized spacial score (nSPS) is 12.3. The molecule has 16 heavy (non-hydrogen) atoms. The lowest BCUT2D eigenvalue weighted by atomic mass is 10.1. The summed E-state index contributed by atoms with van der Waals surface area (Å²) < 4.78 is 19.9. The number of hydrogen-bond acceptors (Lipinski definition) is 1. The lowest BCUT2D eigenvalue weighted by molar-refractivity contribution is 0.564. The molecule has 0 spiro atoms. The summed E-state index contributed by atoms with van der Waals surface area (Å²) in [7, 11) is 0. The third-order valence-electron chi connectivity index (χ3n) is 2.35. The van der Waals surface area contributed by atoms with Crippen LogP contribution in [0.3, 0.4) is 0 Å². The molecule has 2 aromatic carbocycles. The number of rotatable bonds is 3. The van der Waals surface area contributed by atoms with Crippen molar-refractivity contribution >= 4 is 11.1 Å². The van der Waals surface area contributed by atoms with Crippen LogP contribution >= 0.6 is 0 Å². The molecule has 0 saturated carbocycles. The third-order valence-corrected chi connectivity index (χ3v) is 3.01. The van der Waals surface area contributed by atoms with Crippen LogP contribution in [0.2, 0.25) is 0 Å². The molecule has 2 aromatic rings. The van der Waals surface area contributed by atoms with E-state index in [-0.39, 0.29) is 0 Å². The van der Waals surface area contributed by atoms with Gasteiger partial charge in [0.15, 0.2) is 11.1 Å². The summed E-state index contributed by atoms with van der Waals surface area (Å²) in [5, 5.41) is 0. The van der Waals surface area contributed by atoms with Gasteiger partial charge in [-0.1, -0.05) is 42.5 Å². The van der Waals surface area contributed by atoms with Gasteiger partial charge in [0, 0.05) is 0 Å². The predicted octanol–water partition coefficient (Wildman–Crippen LogP) is 2.86. The van der Waals surface area contributed by atoms with Crippen LogP contribution in [0.1, 0.15) is 11.1 Å². The molecule has 2 rings (SSSR count). The summed E-state index contributed by atoms with van der Waals surface area (Å²) in [5.41, 5.74) is 2.24. The van der Waals surface area contributed by atoms with Crippen LogP contribution in [0.25, 0.3) is 0 Å². The molecule has 82 valence electrons. The second kappa shape index (κ2) is 5.05. The van der Waals surface area contributed by atoms with Crippen LogP contribution in [0.5, 0.6) is 0 Å². The topological polar surface area (TPSA) is 37.3 Å². The highest BCUT2D eigenvalue weighted by atomic mass is 32.2. The second-order valence-corrected chi connectivity index (χ2v) is 4.53. The first kappa shape index (κ1) is 11.0. The van der Waals surface area contributed by atoms with E-state index in [2.05, 4.69) is 0 Å². The molecule has 0 bridgehead atoms. The van der Waals surface area contributed by atoms with Crippen molar-refractivity contribution in [3.05, 3.63) is 65.7 Å². The van der Waals surface area contributed by atoms with E-state index < -0.39 is 11.1 Å². The van der Waals surface area contributed by atoms with Crippen molar-refractivity contribution in [3.8, 4) is 0 Å². The van der Waals surface area contributed by atoms with Gasteiger partial charge in [-0.25, -0.2) is 4.21 Å². The Morgan fingerprint density at radius 3 is 2.31 bits per heavy atom. The van der Waals surface area contributed by atoms with E-state index >= 15 is 0 Å². The highest BCUT2D eigenvalue weighted by Crippen LogP contribution is 2.13. The fraction of sp³-hybridized carbons (Fsp3) is 0.0769. The lowest BCUT2D eigenvalue weighted by Crippen LogP contribution is -1.92. The summed E-state index contributed by atoms with van der Waals surface area (Å²) in [5.74, 6) is 0. The molecule has 0 fully saturated rings. The Bertz CT molecular complexity index is 494. The Morgan fingerprint density at radius 2 is 1.62 bits per heavy atom. The molecule has 0 aliphatic rings. The molecule has 1 atom stereocenters. The maximum atomic E-state index is 10.9. The SMILES string of the molecule is O=S(O)c1cccc(Cc2ccccc2)c1. The van der Waals surface area contributed by atoms with Crippen molar-refractivity contribution in [2.24, 2.45) is 0 Å². The Balaban J connectivity index is 2.22. The summed E-state index contributed by atoms with van der Waals surface area (Å²) >= 11 is -1.90. The molecule has 1 unspecified atom stereocenters. The van der Waals surface area contributed by atoms with Crippen molar-refractivity contribution < 1.29 is 8.76 Å². The molecule has 0 aliphatic carbocycles. The molecule has 1 N–H and O–H groups in total. The zero-order chi connectivity index (χ0) is 11.4. The van der Waals surface area contributed by atoms with Crippen molar-refractivity contribution in [1.29, 1.82) is 0 Å². The smallest absolute Gasteiger partial charge is 0.186 e. The van der Waals surface area contributed by atoms with E-state index in [4.69, 9.17) is 4.55 Å². The Labute approximate surface area is 97.2 Å². The van der Waals surface area contributed by atoms with Gasteiger partial charge in [-0.15, -0.1) is 0 Å². The van der Waals surface area contributed by atoms with Crippen LogP contribution in [-0.2, 0) is 17.5 Å². The molecule has 2 nitrogen and oxygen atoms in total. The highest BCUT2D eigenvalue weighted by molar-refractivity contribution is 7.79. The molecule has 3 heteroatoms. The van der Waals surface area contributed by atoms with Crippen LogP contribution in [0.15, 0.2) is 59.5 Å². The van der Waals surface area contributed by atoms with E-state index in [0.717, 1.165) is 12.0 Å². The van der Waals surface area contributed by atoms with E-state index in [1.807, 2.05) is 42.5 Å². The third kappa shape index (κ3) is 2.78. The fourth-order valence-electron chi connectivity index (χ4n) is 1.60. The summed E-state index contributed by atoms with van der Waals surface area (Å²) in [4.78, 5) is 0.452. The van der Waals surface area contributed by atoms with Crippen LogP contribution in [0, 0.1) is 0 Å². The van der Waals surface area contributed by atoms with Crippen molar-refractivity contribution in [2.75, 3.05) is 0 Å². The molecule has 0 radical (unpaired) electrons. The summed E-state index contributed by atoms with van der Waals surface area (Å²) in [6.07, 6.45) is 0.784. The summed E-state index contributed by atoms with van der Waals surface area (Å²) in [6, 6.07) is 17.2. The quantitative estimate of drug-likeness (QED) is 0.826. The average molecular weight is 232 g/mol. The molecular weight excluding hydrogens is 220 g/mol. The fourth-order valence-corrected chi connectivity index (χ4v) is 2.04. The zero-order valence-electron chi connectivity index (χ0n) is 8.67. The summed E-state index contributed by atoms with van der Waals surface area (Å²) in [6.45, 7) is 0. The molecule has 0 amide bonds. The van der Waals surface area contributed by atoms with E-state index in [1.54, 1.807) is 12.1 Å². The molecule has 0 saturated heterocycles. The van der Waals surface area contributed by atoms with E-state index in [1.165, 1.54) is 5.56 Å². The van der Waals surface area contributed by atoms with Gasteiger partial charge < -0.3 is 4.55 Å². The largest absolute Gasteiger partial charge is 0.302 e. The van der Waals surface area contributed by atoms with Crippen molar-refractivity contribution in [2.45, 2.75) is 11.3 Å². The van der Waals surface area contributed by atoms with Gasteiger partial charge in [-0.3, -0.25) is 0 Å². The Morgan fingerprint density at radius 1 is 0.938 bits per heavy atom. The maximum Gasteiger partial charge on any atom is 0.186 e. The standard InChI is InChI=1S/C13H12O2S/c14-16(15)13-8-4-7-12(10-13)9-11-5-2-1-3-6-11/h1-8,10H,9H2,(H,14,15). The highest BCUT2D eigenvalue weighted by Gasteiger charge is 2.01. The van der Waals surface area contributed by atoms with Gasteiger partial charge in [-0.2, -0.15) is 0 Å². The minimum absolute atomic E-state index is 0.452. The number of benzene rings is 2. The molecular formula is C13H12O2S. The van der Waals surface area contributed by atoms with Crippen LogP contribution in [-0.4, -0.2) is 8.76 Å². The zero-order valence-corrected chi connectivity index (χ0v) is 9.48. The molecule has 0 aliphatic heterocycles. The van der Waals surface area contributed by atoms with E-state index in [9.17, 15) is 4.21 Å². The van der Waals surface area contributed by atoms with Gasteiger partial charge in [0.25, 0.3) is 0 Å². The van der Waals surface area contributed by atoms with Gasteiger partial charge in [0.1, 0.15) is 0 Å². The Hall–Kier alpha value is -1.45. The minimum Gasteiger partial charge on any atom is -0.302 e. The molecule has 0 heterocycles. The van der Waals surface area contributed by atoms with Crippen molar-refractivity contribution in [3.63, 3.8) is 0 Å². The van der Waals surface area contributed by atoms with Crippen LogP contribution in [0.4, 0.5) is 0 Å². The maximum absolute atomic E-state index is 10.9. The van der Waals surface area contributed by atoms with E-state index in [0.29, 0.717) is 4.90 Å². The minimum atomic E-state index is -1.90. The first-order chi connectivity index (χ1) is 7.75. The number of hydrogen-bond donors (Lipinski definition) is 1. The lowest BCUT2D eigenvalue weighted by Gasteiger charge is -2.03. The van der Waals surface area contributed by atoms with Gasteiger partial charge in [-0.05, 0) is 29.7 Å². The average Bonchev–Trinajstić information content (AvgIpc) is 2.30. The predicted molar refractivity (Wildman–Crippen MR) is 64.7 cm³/mol. The van der Waals surface area contributed by atoms with Crippen molar-refractivity contribution in [1.82, 2.24) is 0 Å². The van der Waals surface area contributed by atoms with Gasteiger partial charge in [0.05, 0.1) is 4.90 Å². The monoisotopic (exact) mass is 232 g/mol.